The average Bonchev–Trinajstić information content (AvgIpc) is 2.90. The average molecular weight is 259 g/mol. The molecule has 19 heavy (non-hydrogen) atoms. The second-order valence-corrected chi connectivity index (χ2v) is 5.19. The van der Waals surface area contributed by atoms with Gasteiger partial charge in [0.1, 0.15) is 11.6 Å². The van der Waals surface area contributed by atoms with Crippen LogP contribution in [-0.2, 0) is 0 Å². The van der Waals surface area contributed by atoms with Gasteiger partial charge in [-0.3, -0.25) is 0 Å². The molecule has 3 heterocycles. The number of piperidine rings is 1. The van der Waals surface area contributed by atoms with E-state index in [1.807, 2.05) is 18.3 Å². The first kappa shape index (κ1) is 12.5. The van der Waals surface area contributed by atoms with Crippen molar-refractivity contribution in [3.63, 3.8) is 0 Å². The minimum atomic E-state index is 0.582. The zero-order chi connectivity index (χ0) is 13.2. The summed E-state index contributed by atoms with van der Waals surface area (Å²) in [6, 6.07) is 4.04. The van der Waals surface area contributed by atoms with Gasteiger partial charge in [0.25, 0.3) is 0 Å². The van der Waals surface area contributed by atoms with Crippen LogP contribution in [0.15, 0.2) is 24.5 Å². The van der Waals surface area contributed by atoms with Crippen molar-refractivity contribution in [3.8, 4) is 5.75 Å². The van der Waals surface area contributed by atoms with Crippen LogP contribution in [0.4, 0.5) is 0 Å². The van der Waals surface area contributed by atoms with E-state index >= 15 is 0 Å². The molecule has 2 aromatic heterocycles. The Hall–Kier alpha value is -1.55. The van der Waals surface area contributed by atoms with Crippen molar-refractivity contribution in [3.05, 3.63) is 30.4 Å². The second kappa shape index (κ2) is 5.21. The Morgan fingerprint density at radius 3 is 2.84 bits per heavy atom. The largest absolute Gasteiger partial charge is 0.497 e. The molecule has 0 aromatic carbocycles. The molecule has 0 bridgehead atoms. The Morgan fingerprint density at radius 1 is 1.37 bits per heavy atom. The van der Waals surface area contributed by atoms with E-state index in [1.165, 1.54) is 31.8 Å². The van der Waals surface area contributed by atoms with Crippen LogP contribution in [0.25, 0.3) is 5.52 Å². The molecular formula is C15H21N3O. The summed E-state index contributed by atoms with van der Waals surface area (Å²) in [5, 5.41) is 0. The van der Waals surface area contributed by atoms with Crippen LogP contribution >= 0.6 is 0 Å². The maximum absolute atomic E-state index is 5.26. The van der Waals surface area contributed by atoms with Crippen LogP contribution in [0.1, 0.15) is 31.5 Å². The van der Waals surface area contributed by atoms with E-state index in [9.17, 15) is 0 Å². The van der Waals surface area contributed by atoms with Gasteiger partial charge < -0.3 is 14.0 Å². The van der Waals surface area contributed by atoms with Gasteiger partial charge in [-0.15, -0.1) is 0 Å². The molecule has 4 nitrogen and oxygen atoms in total. The molecule has 3 rings (SSSR count). The van der Waals surface area contributed by atoms with Crippen molar-refractivity contribution in [1.29, 1.82) is 0 Å². The molecule has 0 amide bonds. The van der Waals surface area contributed by atoms with Gasteiger partial charge in [0.05, 0.1) is 18.8 Å². The lowest BCUT2D eigenvalue weighted by atomic mass is 9.96. The zero-order valence-electron chi connectivity index (χ0n) is 11.7. The number of methoxy groups -OCH3 is 1. The summed E-state index contributed by atoms with van der Waals surface area (Å²) >= 11 is 0. The molecule has 0 atom stereocenters. The Bertz CT molecular complexity index is 556. The number of aromatic nitrogens is 2. The number of pyridine rings is 1. The quantitative estimate of drug-likeness (QED) is 0.848. The molecule has 1 aliphatic rings. The highest BCUT2D eigenvalue weighted by atomic mass is 16.5. The first-order valence-corrected chi connectivity index (χ1v) is 7.05. The normalized spacial score (nSPS) is 18.0. The van der Waals surface area contributed by atoms with Crippen molar-refractivity contribution in [1.82, 2.24) is 14.3 Å². The van der Waals surface area contributed by atoms with Crippen LogP contribution in [0.3, 0.4) is 0 Å². The molecule has 0 saturated carbocycles. The first-order valence-electron chi connectivity index (χ1n) is 7.05. The van der Waals surface area contributed by atoms with Crippen molar-refractivity contribution in [2.24, 2.45) is 0 Å². The second-order valence-electron chi connectivity index (χ2n) is 5.19. The van der Waals surface area contributed by atoms with Crippen molar-refractivity contribution in [2.45, 2.75) is 25.7 Å². The lowest BCUT2D eigenvalue weighted by Gasteiger charge is -2.30. The number of hydrogen-bond donors (Lipinski definition) is 0. The predicted molar refractivity (Wildman–Crippen MR) is 75.8 cm³/mol. The van der Waals surface area contributed by atoms with E-state index in [0.29, 0.717) is 5.92 Å². The molecule has 0 aliphatic carbocycles. The highest BCUT2D eigenvalue weighted by Crippen LogP contribution is 2.28. The molecule has 0 unspecified atom stereocenters. The topological polar surface area (TPSA) is 29.8 Å². The SMILES string of the molecule is CCN1CCC(c2ncc3cc(OC)ccn23)CC1. The maximum atomic E-state index is 5.26. The van der Waals surface area contributed by atoms with Gasteiger partial charge in [0, 0.05) is 18.2 Å². The minimum absolute atomic E-state index is 0.582. The summed E-state index contributed by atoms with van der Waals surface area (Å²) in [4.78, 5) is 7.14. The van der Waals surface area contributed by atoms with Gasteiger partial charge in [0.2, 0.25) is 0 Å². The number of hydrogen-bond acceptors (Lipinski definition) is 3. The van der Waals surface area contributed by atoms with Crippen LogP contribution < -0.4 is 4.74 Å². The fraction of sp³-hybridized carbons (Fsp3) is 0.533. The van der Waals surface area contributed by atoms with Gasteiger partial charge >= 0.3 is 0 Å². The molecule has 1 aliphatic heterocycles. The lowest BCUT2D eigenvalue weighted by Crippen LogP contribution is -2.33. The fourth-order valence-electron chi connectivity index (χ4n) is 2.94. The third kappa shape index (κ3) is 2.32. The van der Waals surface area contributed by atoms with Crippen LogP contribution in [0.5, 0.6) is 5.75 Å². The number of nitrogens with zero attached hydrogens (tertiary/aromatic N) is 3. The molecule has 0 spiro atoms. The van der Waals surface area contributed by atoms with Crippen LogP contribution in [0, 0.1) is 0 Å². The minimum Gasteiger partial charge on any atom is -0.497 e. The van der Waals surface area contributed by atoms with E-state index in [0.717, 1.165) is 17.8 Å². The first-order chi connectivity index (χ1) is 9.31. The number of fused-ring (bicyclic) bond motifs is 1. The summed E-state index contributed by atoms with van der Waals surface area (Å²) in [7, 11) is 1.70. The van der Waals surface area contributed by atoms with E-state index in [1.54, 1.807) is 7.11 Å². The van der Waals surface area contributed by atoms with Crippen molar-refractivity contribution < 1.29 is 4.74 Å². The van der Waals surface area contributed by atoms with E-state index in [-0.39, 0.29) is 0 Å². The molecule has 1 fully saturated rings. The van der Waals surface area contributed by atoms with Crippen molar-refractivity contribution >= 4 is 5.52 Å². The van der Waals surface area contributed by atoms with Crippen molar-refractivity contribution in [2.75, 3.05) is 26.7 Å². The third-order valence-corrected chi connectivity index (χ3v) is 4.17. The molecule has 0 radical (unpaired) electrons. The number of imidazole rings is 1. The number of ether oxygens (including phenoxy) is 1. The zero-order valence-corrected chi connectivity index (χ0v) is 11.7. The summed E-state index contributed by atoms with van der Waals surface area (Å²) in [5.41, 5.74) is 1.12. The van der Waals surface area contributed by atoms with E-state index in [2.05, 4.69) is 27.4 Å². The highest BCUT2D eigenvalue weighted by molar-refractivity contribution is 5.50. The van der Waals surface area contributed by atoms with Crippen LogP contribution in [0.2, 0.25) is 0 Å². The maximum Gasteiger partial charge on any atom is 0.122 e. The monoisotopic (exact) mass is 259 g/mol. The van der Waals surface area contributed by atoms with Gasteiger partial charge in [-0.05, 0) is 38.5 Å². The smallest absolute Gasteiger partial charge is 0.122 e. The Labute approximate surface area is 114 Å². The number of likely N-dealkylation sites (tertiary alicyclic amines) is 1. The standard InChI is InChI=1S/C15H21N3O/c1-3-17-7-4-12(5-8-17)15-16-11-13-10-14(19-2)6-9-18(13)15/h6,9-12H,3-5,7-8H2,1-2H3. The van der Waals surface area contributed by atoms with Gasteiger partial charge in [-0.2, -0.15) is 0 Å². The van der Waals surface area contributed by atoms with Crippen LogP contribution in [-0.4, -0.2) is 41.0 Å². The van der Waals surface area contributed by atoms with E-state index < -0.39 is 0 Å². The summed E-state index contributed by atoms with van der Waals surface area (Å²) in [6.07, 6.45) is 6.44. The molecule has 2 aromatic rings. The lowest BCUT2D eigenvalue weighted by molar-refractivity contribution is 0.219. The summed E-state index contributed by atoms with van der Waals surface area (Å²) in [6.45, 7) is 5.77. The molecule has 1 saturated heterocycles. The van der Waals surface area contributed by atoms with Gasteiger partial charge in [-0.1, -0.05) is 6.92 Å². The van der Waals surface area contributed by atoms with E-state index in [4.69, 9.17) is 4.74 Å². The predicted octanol–water partition coefficient (Wildman–Crippen LogP) is 2.54. The Morgan fingerprint density at radius 2 is 2.16 bits per heavy atom. The summed E-state index contributed by atoms with van der Waals surface area (Å²) < 4.78 is 7.46. The highest BCUT2D eigenvalue weighted by Gasteiger charge is 2.22. The fourth-order valence-corrected chi connectivity index (χ4v) is 2.94. The summed E-state index contributed by atoms with van der Waals surface area (Å²) in [5.74, 6) is 2.67. The molecular weight excluding hydrogens is 238 g/mol. The Balaban J connectivity index is 1.85. The number of rotatable bonds is 3. The molecule has 4 heteroatoms. The Kier molecular flexibility index (Phi) is 3.42. The molecule has 102 valence electrons. The molecule has 0 N–H and O–H groups in total. The van der Waals surface area contributed by atoms with Gasteiger partial charge in [0.15, 0.2) is 0 Å². The van der Waals surface area contributed by atoms with Gasteiger partial charge in [-0.25, -0.2) is 4.98 Å². The third-order valence-electron chi connectivity index (χ3n) is 4.17.